The molecule has 0 spiro atoms. The van der Waals surface area contributed by atoms with Crippen molar-refractivity contribution in [3.8, 4) is 0 Å². The molecule has 1 heterocycles. The normalized spacial score (nSPS) is 17.1. The van der Waals surface area contributed by atoms with E-state index in [0.29, 0.717) is 10.6 Å². The Morgan fingerprint density at radius 1 is 1.43 bits per heavy atom. The number of carbonyl (C=O) groups excluding carboxylic acids is 1. The minimum atomic E-state index is -0.352. The van der Waals surface area contributed by atoms with Crippen LogP contribution < -0.4 is 5.32 Å². The zero-order valence-electron chi connectivity index (χ0n) is 11.7. The second-order valence-electron chi connectivity index (χ2n) is 5.07. The van der Waals surface area contributed by atoms with Gasteiger partial charge in [0.25, 0.3) is 0 Å². The van der Waals surface area contributed by atoms with E-state index in [9.17, 15) is 4.79 Å². The predicted molar refractivity (Wildman–Crippen MR) is 86.4 cm³/mol. The number of methoxy groups -OCH3 is 1. The van der Waals surface area contributed by atoms with E-state index >= 15 is 0 Å². The lowest BCUT2D eigenvalue weighted by Crippen LogP contribution is -2.16. The van der Waals surface area contributed by atoms with Crippen molar-refractivity contribution in [2.45, 2.75) is 25.3 Å². The molecule has 2 aromatic rings. The maximum Gasteiger partial charge on any atom is 0.337 e. The Hall–Kier alpha value is -1.52. The summed E-state index contributed by atoms with van der Waals surface area (Å²) in [5, 5.41) is 6.23. The summed E-state index contributed by atoms with van der Waals surface area (Å²) < 4.78 is 4.76. The van der Waals surface area contributed by atoms with Crippen LogP contribution in [0.25, 0.3) is 0 Å². The van der Waals surface area contributed by atoms with Crippen LogP contribution in [0.3, 0.4) is 0 Å². The predicted octanol–water partition coefficient (Wildman–Crippen LogP) is 4.68. The maximum atomic E-state index is 11.6. The fourth-order valence-electron chi connectivity index (χ4n) is 2.70. The molecule has 3 rings (SSSR count). The summed E-state index contributed by atoms with van der Waals surface area (Å²) in [6.07, 6.45) is 3.39. The average molecular weight is 322 g/mol. The molecule has 1 aromatic heterocycles. The molecule has 0 fully saturated rings. The molecule has 0 saturated heterocycles. The Balaban J connectivity index is 1.87. The highest BCUT2D eigenvalue weighted by atomic mass is 35.5. The highest BCUT2D eigenvalue weighted by Gasteiger charge is 2.22. The minimum absolute atomic E-state index is 0.255. The second kappa shape index (κ2) is 6.08. The van der Waals surface area contributed by atoms with Crippen molar-refractivity contribution in [2.24, 2.45) is 0 Å². The molecule has 0 bridgehead atoms. The molecule has 0 saturated carbocycles. The van der Waals surface area contributed by atoms with Gasteiger partial charge in [-0.3, -0.25) is 0 Å². The van der Waals surface area contributed by atoms with Crippen LogP contribution in [0.1, 0.15) is 39.7 Å². The number of aryl methyl sites for hydroxylation is 1. The molecule has 1 N–H and O–H groups in total. The van der Waals surface area contributed by atoms with Crippen LogP contribution >= 0.6 is 22.9 Å². The van der Waals surface area contributed by atoms with Crippen molar-refractivity contribution in [1.29, 1.82) is 0 Å². The van der Waals surface area contributed by atoms with Gasteiger partial charge in [0.05, 0.1) is 29.4 Å². The van der Waals surface area contributed by atoms with Gasteiger partial charge in [0.2, 0.25) is 0 Å². The Kier molecular flexibility index (Phi) is 4.17. The molecule has 1 atom stereocenters. The van der Waals surface area contributed by atoms with Crippen molar-refractivity contribution < 1.29 is 9.53 Å². The number of anilines is 1. The summed E-state index contributed by atoms with van der Waals surface area (Å²) in [6.45, 7) is 0. The minimum Gasteiger partial charge on any atom is -0.465 e. The van der Waals surface area contributed by atoms with E-state index in [1.54, 1.807) is 18.2 Å². The molecule has 3 nitrogen and oxygen atoms in total. The lowest BCUT2D eigenvalue weighted by atomic mass is 9.94. The smallest absolute Gasteiger partial charge is 0.337 e. The molecule has 110 valence electrons. The molecular weight excluding hydrogens is 306 g/mol. The van der Waals surface area contributed by atoms with Crippen LogP contribution in [0.5, 0.6) is 0 Å². The monoisotopic (exact) mass is 321 g/mol. The molecular formula is C16H16ClNO2S. The van der Waals surface area contributed by atoms with Gasteiger partial charge in [0.15, 0.2) is 0 Å². The molecule has 1 aliphatic carbocycles. The number of hydrogen-bond donors (Lipinski definition) is 1. The average Bonchev–Trinajstić information content (AvgIpc) is 2.98. The van der Waals surface area contributed by atoms with Crippen LogP contribution in [0.2, 0.25) is 5.02 Å². The van der Waals surface area contributed by atoms with Gasteiger partial charge in [-0.15, -0.1) is 11.3 Å². The first-order valence-electron chi connectivity index (χ1n) is 6.89. The van der Waals surface area contributed by atoms with Gasteiger partial charge in [0, 0.05) is 4.88 Å². The number of thiophene rings is 1. The maximum absolute atomic E-state index is 11.6. The molecule has 0 radical (unpaired) electrons. The first-order chi connectivity index (χ1) is 10.2. The zero-order valence-corrected chi connectivity index (χ0v) is 13.3. The van der Waals surface area contributed by atoms with Crippen molar-refractivity contribution in [3.63, 3.8) is 0 Å². The van der Waals surface area contributed by atoms with Crippen LogP contribution in [0.4, 0.5) is 5.69 Å². The number of nitrogens with one attached hydrogen (secondary N) is 1. The molecule has 21 heavy (non-hydrogen) atoms. The molecule has 1 unspecified atom stereocenters. The fourth-order valence-corrected chi connectivity index (χ4v) is 3.86. The van der Waals surface area contributed by atoms with Gasteiger partial charge in [-0.05, 0) is 54.5 Å². The third kappa shape index (κ3) is 2.92. The summed E-state index contributed by atoms with van der Waals surface area (Å²) in [4.78, 5) is 13.1. The number of benzene rings is 1. The summed E-state index contributed by atoms with van der Waals surface area (Å²) in [5.41, 5.74) is 2.64. The fraction of sp³-hybridized carbons (Fsp3) is 0.312. The number of rotatable bonds is 3. The number of halogens is 1. The number of carbonyl (C=O) groups is 1. The first kappa shape index (κ1) is 14.4. The number of esters is 1. The number of hydrogen-bond acceptors (Lipinski definition) is 4. The van der Waals surface area contributed by atoms with Crippen molar-refractivity contribution in [1.82, 2.24) is 0 Å². The van der Waals surface area contributed by atoms with E-state index in [4.69, 9.17) is 16.3 Å². The first-order valence-corrected chi connectivity index (χ1v) is 8.15. The highest BCUT2D eigenvalue weighted by Crippen LogP contribution is 2.37. The SMILES string of the molecule is COC(=O)c1ccc(Cl)c(NC2CCCc3sccc32)c1. The van der Waals surface area contributed by atoms with E-state index in [1.165, 1.54) is 24.0 Å². The molecule has 1 aromatic carbocycles. The second-order valence-corrected chi connectivity index (χ2v) is 6.48. The standard InChI is InChI=1S/C16H16ClNO2S/c1-20-16(19)10-5-6-12(17)14(9-10)18-13-3-2-4-15-11(13)7-8-21-15/h5-9,13,18H,2-4H2,1H3. The molecule has 0 aliphatic heterocycles. The Labute approximate surface area is 132 Å². The van der Waals surface area contributed by atoms with Gasteiger partial charge in [-0.25, -0.2) is 4.79 Å². The Morgan fingerprint density at radius 3 is 3.10 bits per heavy atom. The largest absolute Gasteiger partial charge is 0.465 e. The van der Waals surface area contributed by atoms with Gasteiger partial charge in [-0.2, -0.15) is 0 Å². The summed E-state index contributed by atoms with van der Waals surface area (Å²) >= 11 is 8.06. The van der Waals surface area contributed by atoms with Crippen LogP contribution in [-0.2, 0) is 11.2 Å². The van der Waals surface area contributed by atoms with Crippen molar-refractivity contribution in [3.05, 3.63) is 50.7 Å². The van der Waals surface area contributed by atoms with Crippen LogP contribution in [-0.4, -0.2) is 13.1 Å². The van der Waals surface area contributed by atoms with E-state index in [1.807, 2.05) is 11.3 Å². The molecule has 5 heteroatoms. The van der Waals surface area contributed by atoms with E-state index < -0.39 is 0 Å². The Bertz CT molecular complexity index is 668. The molecule has 1 aliphatic rings. The molecule has 0 amide bonds. The van der Waals surface area contributed by atoms with E-state index in [-0.39, 0.29) is 12.0 Å². The van der Waals surface area contributed by atoms with Crippen molar-refractivity contribution in [2.75, 3.05) is 12.4 Å². The van der Waals surface area contributed by atoms with Crippen LogP contribution in [0, 0.1) is 0 Å². The third-order valence-corrected chi connectivity index (χ3v) is 5.10. The summed E-state index contributed by atoms with van der Waals surface area (Å²) in [6, 6.07) is 7.60. The van der Waals surface area contributed by atoms with Gasteiger partial charge in [-0.1, -0.05) is 11.6 Å². The van der Waals surface area contributed by atoms with E-state index in [2.05, 4.69) is 16.8 Å². The third-order valence-electron chi connectivity index (χ3n) is 3.77. The highest BCUT2D eigenvalue weighted by molar-refractivity contribution is 7.10. The van der Waals surface area contributed by atoms with E-state index in [0.717, 1.165) is 18.5 Å². The quantitative estimate of drug-likeness (QED) is 0.834. The van der Waals surface area contributed by atoms with Gasteiger partial charge in [0.1, 0.15) is 0 Å². The van der Waals surface area contributed by atoms with Gasteiger partial charge >= 0.3 is 5.97 Å². The topological polar surface area (TPSA) is 38.3 Å². The number of fused-ring (bicyclic) bond motifs is 1. The summed E-state index contributed by atoms with van der Waals surface area (Å²) in [7, 11) is 1.38. The van der Waals surface area contributed by atoms with Gasteiger partial charge < -0.3 is 10.1 Å². The lowest BCUT2D eigenvalue weighted by molar-refractivity contribution is 0.0601. The lowest BCUT2D eigenvalue weighted by Gasteiger charge is -2.25. The zero-order chi connectivity index (χ0) is 14.8. The Morgan fingerprint density at radius 2 is 2.29 bits per heavy atom. The number of ether oxygens (including phenoxy) is 1. The van der Waals surface area contributed by atoms with Crippen LogP contribution in [0.15, 0.2) is 29.6 Å². The summed E-state index contributed by atoms with van der Waals surface area (Å²) in [5.74, 6) is -0.352. The van der Waals surface area contributed by atoms with Crippen molar-refractivity contribution >= 4 is 34.6 Å².